The minimum Gasteiger partial charge on any atom is -0.384 e. The van der Waals surface area contributed by atoms with Crippen molar-refractivity contribution in [3.05, 3.63) is 12.4 Å². The molecule has 1 aliphatic carbocycles. The molecule has 1 saturated carbocycles. The van der Waals surface area contributed by atoms with Crippen LogP contribution in [0.3, 0.4) is 0 Å². The van der Waals surface area contributed by atoms with Gasteiger partial charge in [-0.1, -0.05) is 26.2 Å². The predicted molar refractivity (Wildman–Crippen MR) is 66.1 cm³/mol. The molecule has 1 aliphatic rings. The minimum absolute atomic E-state index is 0.522. The first-order valence-corrected chi connectivity index (χ1v) is 6.07. The summed E-state index contributed by atoms with van der Waals surface area (Å²) in [5, 5.41) is 3.35. The van der Waals surface area contributed by atoms with E-state index in [0.717, 1.165) is 24.2 Å². The second-order valence-corrected chi connectivity index (χ2v) is 4.73. The Balaban J connectivity index is 1.86. The highest BCUT2D eigenvalue weighted by Gasteiger charge is 2.20. The smallest absolute Gasteiger partial charge is 0.131 e. The lowest BCUT2D eigenvalue weighted by molar-refractivity contribution is 0.268. The molecule has 0 spiro atoms. The summed E-state index contributed by atoms with van der Waals surface area (Å²) in [5.74, 6) is 2.95. The van der Waals surface area contributed by atoms with E-state index in [2.05, 4.69) is 22.2 Å². The fourth-order valence-electron chi connectivity index (χ4n) is 2.40. The number of rotatable bonds is 3. The van der Waals surface area contributed by atoms with Crippen LogP contribution in [0.1, 0.15) is 32.6 Å². The molecule has 1 heterocycles. The van der Waals surface area contributed by atoms with Crippen molar-refractivity contribution in [1.29, 1.82) is 0 Å². The molecule has 16 heavy (non-hydrogen) atoms. The molecule has 4 heteroatoms. The van der Waals surface area contributed by atoms with E-state index >= 15 is 0 Å². The largest absolute Gasteiger partial charge is 0.384 e. The van der Waals surface area contributed by atoms with Gasteiger partial charge in [0.25, 0.3) is 0 Å². The lowest BCUT2D eigenvalue weighted by Gasteiger charge is -2.28. The summed E-state index contributed by atoms with van der Waals surface area (Å²) in [4.78, 5) is 8.02. The second kappa shape index (κ2) is 5.14. The van der Waals surface area contributed by atoms with Gasteiger partial charge in [-0.25, -0.2) is 9.97 Å². The normalized spacial score (nSPS) is 25.3. The molecule has 88 valence electrons. The highest BCUT2D eigenvalue weighted by molar-refractivity contribution is 5.43. The third-order valence-corrected chi connectivity index (χ3v) is 3.52. The van der Waals surface area contributed by atoms with Crippen LogP contribution in [-0.2, 0) is 0 Å². The lowest BCUT2D eigenvalue weighted by Crippen LogP contribution is -2.24. The zero-order valence-corrected chi connectivity index (χ0v) is 9.82. The predicted octanol–water partition coefficient (Wildman–Crippen LogP) is 2.30. The van der Waals surface area contributed by atoms with Crippen LogP contribution in [0.5, 0.6) is 0 Å². The average molecular weight is 220 g/mol. The highest BCUT2D eigenvalue weighted by atomic mass is 15.0. The summed E-state index contributed by atoms with van der Waals surface area (Å²) in [7, 11) is 0. The Bertz CT molecular complexity index is 340. The summed E-state index contributed by atoms with van der Waals surface area (Å²) in [5.41, 5.74) is 5.60. The standard InChI is InChI=1S/C12H20N4/c1-9-4-2-3-5-10(9)7-14-12-6-11(13)15-8-16-12/h6,8-10H,2-5,7H2,1H3,(H3,13,14,15,16). The van der Waals surface area contributed by atoms with E-state index in [1.54, 1.807) is 6.07 Å². The van der Waals surface area contributed by atoms with E-state index in [1.165, 1.54) is 32.0 Å². The number of nitrogens with one attached hydrogen (secondary N) is 1. The van der Waals surface area contributed by atoms with Crippen LogP contribution in [0.15, 0.2) is 12.4 Å². The quantitative estimate of drug-likeness (QED) is 0.820. The van der Waals surface area contributed by atoms with Gasteiger partial charge in [-0.3, -0.25) is 0 Å². The maximum absolute atomic E-state index is 5.60. The van der Waals surface area contributed by atoms with Crippen LogP contribution in [0, 0.1) is 11.8 Å². The number of hydrogen-bond acceptors (Lipinski definition) is 4. The molecule has 0 amide bonds. The van der Waals surface area contributed by atoms with Crippen molar-refractivity contribution in [2.45, 2.75) is 32.6 Å². The number of hydrogen-bond donors (Lipinski definition) is 2. The van der Waals surface area contributed by atoms with Crippen LogP contribution in [0.25, 0.3) is 0 Å². The van der Waals surface area contributed by atoms with Crippen molar-refractivity contribution in [2.24, 2.45) is 11.8 Å². The molecule has 0 saturated heterocycles. The Kier molecular flexibility index (Phi) is 3.59. The van der Waals surface area contributed by atoms with Crippen LogP contribution in [0.4, 0.5) is 11.6 Å². The molecule has 0 aliphatic heterocycles. The maximum Gasteiger partial charge on any atom is 0.131 e. The topological polar surface area (TPSA) is 63.8 Å². The molecular formula is C12H20N4. The van der Waals surface area contributed by atoms with Crippen molar-refractivity contribution >= 4 is 11.6 Å². The molecule has 3 N–H and O–H groups in total. The van der Waals surface area contributed by atoms with Crippen molar-refractivity contribution in [2.75, 3.05) is 17.6 Å². The van der Waals surface area contributed by atoms with Crippen LogP contribution >= 0.6 is 0 Å². The average Bonchev–Trinajstić information content (AvgIpc) is 2.28. The number of anilines is 2. The molecule has 1 aromatic heterocycles. The Morgan fingerprint density at radius 1 is 1.38 bits per heavy atom. The zero-order chi connectivity index (χ0) is 11.4. The maximum atomic E-state index is 5.60. The van der Waals surface area contributed by atoms with Crippen molar-refractivity contribution < 1.29 is 0 Å². The van der Waals surface area contributed by atoms with E-state index < -0.39 is 0 Å². The van der Waals surface area contributed by atoms with E-state index in [-0.39, 0.29) is 0 Å². The van der Waals surface area contributed by atoms with Crippen LogP contribution < -0.4 is 11.1 Å². The molecule has 1 aromatic rings. The van der Waals surface area contributed by atoms with Gasteiger partial charge in [-0.2, -0.15) is 0 Å². The van der Waals surface area contributed by atoms with Crippen LogP contribution in [-0.4, -0.2) is 16.5 Å². The number of aromatic nitrogens is 2. The Labute approximate surface area is 96.7 Å². The van der Waals surface area contributed by atoms with Gasteiger partial charge in [0, 0.05) is 12.6 Å². The van der Waals surface area contributed by atoms with Gasteiger partial charge < -0.3 is 11.1 Å². The van der Waals surface area contributed by atoms with Gasteiger partial charge in [-0.15, -0.1) is 0 Å². The summed E-state index contributed by atoms with van der Waals surface area (Å²) in [6.07, 6.45) is 6.94. The molecule has 2 unspecified atom stereocenters. The summed E-state index contributed by atoms with van der Waals surface area (Å²) >= 11 is 0. The lowest BCUT2D eigenvalue weighted by atomic mass is 9.80. The summed E-state index contributed by atoms with van der Waals surface area (Å²) < 4.78 is 0. The molecule has 2 rings (SSSR count). The summed E-state index contributed by atoms with van der Waals surface area (Å²) in [6.45, 7) is 3.34. The van der Waals surface area contributed by atoms with Crippen molar-refractivity contribution in [1.82, 2.24) is 9.97 Å². The third-order valence-electron chi connectivity index (χ3n) is 3.52. The van der Waals surface area contributed by atoms with Crippen molar-refractivity contribution in [3.8, 4) is 0 Å². The zero-order valence-electron chi connectivity index (χ0n) is 9.82. The molecular weight excluding hydrogens is 200 g/mol. The number of nitrogen functional groups attached to an aromatic ring is 1. The first kappa shape index (κ1) is 11.2. The molecule has 1 fully saturated rings. The molecule has 0 aromatic carbocycles. The molecule has 0 bridgehead atoms. The fourth-order valence-corrected chi connectivity index (χ4v) is 2.40. The second-order valence-electron chi connectivity index (χ2n) is 4.73. The summed E-state index contributed by atoms with van der Waals surface area (Å²) in [6, 6.07) is 1.79. The first-order chi connectivity index (χ1) is 7.75. The van der Waals surface area contributed by atoms with Crippen molar-refractivity contribution in [3.63, 3.8) is 0 Å². The SMILES string of the molecule is CC1CCCCC1CNc1cc(N)ncn1. The van der Waals surface area contributed by atoms with E-state index in [4.69, 9.17) is 5.73 Å². The highest BCUT2D eigenvalue weighted by Crippen LogP contribution is 2.29. The van der Waals surface area contributed by atoms with E-state index in [9.17, 15) is 0 Å². The van der Waals surface area contributed by atoms with Gasteiger partial charge in [0.05, 0.1) is 0 Å². The van der Waals surface area contributed by atoms with E-state index in [1.807, 2.05) is 0 Å². The van der Waals surface area contributed by atoms with Gasteiger partial charge in [0.2, 0.25) is 0 Å². The number of nitrogens with zero attached hydrogens (tertiary/aromatic N) is 2. The minimum atomic E-state index is 0.522. The van der Waals surface area contributed by atoms with Crippen LogP contribution in [0.2, 0.25) is 0 Å². The van der Waals surface area contributed by atoms with Gasteiger partial charge in [-0.05, 0) is 18.3 Å². The first-order valence-electron chi connectivity index (χ1n) is 6.07. The Morgan fingerprint density at radius 3 is 2.94 bits per heavy atom. The van der Waals surface area contributed by atoms with Gasteiger partial charge >= 0.3 is 0 Å². The monoisotopic (exact) mass is 220 g/mol. The number of nitrogens with two attached hydrogens (primary N) is 1. The van der Waals surface area contributed by atoms with E-state index in [0.29, 0.717) is 5.82 Å². The third kappa shape index (κ3) is 2.84. The molecule has 4 nitrogen and oxygen atoms in total. The Hall–Kier alpha value is -1.32. The van der Waals surface area contributed by atoms with Gasteiger partial charge in [0.1, 0.15) is 18.0 Å². The molecule has 0 radical (unpaired) electrons. The molecule has 2 atom stereocenters. The Morgan fingerprint density at radius 2 is 2.19 bits per heavy atom. The fraction of sp³-hybridized carbons (Fsp3) is 0.667. The van der Waals surface area contributed by atoms with Gasteiger partial charge in [0.15, 0.2) is 0 Å².